The molecule has 2 fully saturated rings. The zero-order chi connectivity index (χ0) is 24.1. The lowest BCUT2D eigenvalue weighted by Crippen LogP contribution is -2.51. The summed E-state index contributed by atoms with van der Waals surface area (Å²) in [5.74, 6) is 0. The average molecular weight is 479 g/mol. The Labute approximate surface area is 195 Å². The highest BCUT2D eigenvalue weighted by Crippen LogP contribution is 2.33. The molecule has 1 aliphatic carbocycles. The second-order valence-corrected chi connectivity index (χ2v) is 8.82. The number of piperidine rings is 1. The van der Waals surface area contributed by atoms with E-state index in [2.05, 4.69) is 21.0 Å². The summed E-state index contributed by atoms with van der Waals surface area (Å²) in [7, 11) is 0. The number of hydrogen-bond acceptors (Lipinski definition) is 3. The van der Waals surface area contributed by atoms with Crippen LogP contribution in [0.25, 0.3) is 5.69 Å². The van der Waals surface area contributed by atoms with Gasteiger partial charge in [0.2, 0.25) is 0 Å². The molecule has 0 bridgehead atoms. The van der Waals surface area contributed by atoms with Gasteiger partial charge >= 0.3 is 18.2 Å². The van der Waals surface area contributed by atoms with Gasteiger partial charge in [-0.15, -0.1) is 0 Å². The fourth-order valence-electron chi connectivity index (χ4n) is 4.50. The van der Waals surface area contributed by atoms with Crippen molar-refractivity contribution in [3.8, 4) is 5.69 Å². The normalized spacial score (nSPS) is 17.9. The topological polar surface area (TPSA) is 91.3 Å². The summed E-state index contributed by atoms with van der Waals surface area (Å²) in [5.41, 5.74) is -0.497. The van der Waals surface area contributed by atoms with Crippen molar-refractivity contribution in [1.82, 2.24) is 25.3 Å². The molecule has 8 nitrogen and oxygen atoms in total. The molecule has 1 saturated carbocycles. The third kappa shape index (κ3) is 6.00. The summed E-state index contributed by atoms with van der Waals surface area (Å²) < 4.78 is 41.1. The van der Waals surface area contributed by atoms with Crippen LogP contribution in [0, 0.1) is 0 Å². The molecule has 2 aromatic rings. The first-order valence-electron chi connectivity index (χ1n) is 11.6. The molecule has 1 aromatic heterocycles. The lowest BCUT2D eigenvalue weighted by Gasteiger charge is -2.33. The van der Waals surface area contributed by atoms with Crippen molar-refractivity contribution < 1.29 is 22.8 Å². The summed E-state index contributed by atoms with van der Waals surface area (Å²) in [6.07, 6.45) is 5.18. The summed E-state index contributed by atoms with van der Waals surface area (Å²) in [6, 6.07) is 4.30. The molecule has 1 aliphatic heterocycles. The second kappa shape index (κ2) is 10.4. The molecule has 0 radical (unpaired) electrons. The van der Waals surface area contributed by atoms with Crippen LogP contribution in [-0.4, -0.2) is 51.9 Å². The van der Waals surface area contributed by atoms with E-state index in [4.69, 9.17) is 0 Å². The van der Waals surface area contributed by atoms with E-state index in [-0.39, 0.29) is 23.8 Å². The minimum atomic E-state index is -4.54. The van der Waals surface area contributed by atoms with Gasteiger partial charge in [0.1, 0.15) is 0 Å². The zero-order valence-electron chi connectivity index (χ0n) is 18.8. The third-order valence-corrected chi connectivity index (χ3v) is 6.37. The molecule has 0 spiro atoms. The number of carbonyl (C=O) groups is 2. The maximum absolute atomic E-state index is 13.2. The molecule has 4 amide bonds. The van der Waals surface area contributed by atoms with Crippen LogP contribution in [0.15, 0.2) is 36.7 Å². The van der Waals surface area contributed by atoms with E-state index in [1.165, 1.54) is 23.4 Å². The Morgan fingerprint density at radius 2 is 1.65 bits per heavy atom. The Morgan fingerprint density at radius 1 is 0.971 bits per heavy atom. The number of nitrogens with one attached hydrogen (secondary N) is 3. The number of hydrogen-bond donors (Lipinski definition) is 3. The Hall–Kier alpha value is -3.24. The van der Waals surface area contributed by atoms with E-state index in [0.717, 1.165) is 37.8 Å². The quantitative estimate of drug-likeness (QED) is 0.604. The second-order valence-electron chi connectivity index (χ2n) is 8.82. The van der Waals surface area contributed by atoms with Gasteiger partial charge in [-0.25, -0.2) is 14.3 Å². The van der Waals surface area contributed by atoms with Gasteiger partial charge in [0.05, 0.1) is 16.9 Å². The van der Waals surface area contributed by atoms with E-state index < -0.39 is 17.8 Å². The van der Waals surface area contributed by atoms with Crippen molar-refractivity contribution in [2.75, 3.05) is 18.4 Å². The predicted octanol–water partition coefficient (Wildman–Crippen LogP) is 4.52. The summed E-state index contributed by atoms with van der Waals surface area (Å²) in [5, 5.41) is 12.7. The maximum atomic E-state index is 13.2. The van der Waals surface area contributed by atoms with Crippen molar-refractivity contribution in [1.29, 1.82) is 0 Å². The summed E-state index contributed by atoms with van der Waals surface area (Å²) in [6.45, 7) is 0.770. The van der Waals surface area contributed by atoms with Crippen LogP contribution in [0.3, 0.4) is 0 Å². The van der Waals surface area contributed by atoms with Crippen molar-refractivity contribution >= 4 is 17.7 Å². The summed E-state index contributed by atoms with van der Waals surface area (Å²) >= 11 is 0. The molecule has 2 aliphatic rings. The van der Waals surface area contributed by atoms with Crippen molar-refractivity contribution in [3.63, 3.8) is 0 Å². The largest absolute Gasteiger partial charge is 0.416 e. The first-order chi connectivity index (χ1) is 16.3. The fraction of sp³-hybridized carbons (Fsp3) is 0.522. The highest BCUT2D eigenvalue weighted by molar-refractivity contribution is 5.92. The first kappa shape index (κ1) is 23.9. The monoisotopic (exact) mass is 478 g/mol. The van der Waals surface area contributed by atoms with Crippen LogP contribution >= 0.6 is 0 Å². The predicted molar refractivity (Wildman–Crippen MR) is 121 cm³/mol. The number of benzene rings is 1. The number of nitrogens with zero attached hydrogens (tertiary/aromatic N) is 3. The Balaban J connectivity index is 1.34. The van der Waals surface area contributed by atoms with Crippen LogP contribution in [0.2, 0.25) is 0 Å². The molecule has 0 unspecified atom stereocenters. The van der Waals surface area contributed by atoms with Crippen molar-refractivity contribution in [3.05, 3.63) is 42.2 Å². The maximum Gasteiger partial charge on any atom is 0.416 e. The molecule has 184 valence electrons. The van der Waals surface area contributed by atoms with Gasteiger partial charge in [0.25, 0.3) is 0 Å². The number of rotatable bonds is 4. The standard InChI is InChI=1S/C23H29F3N6O2/c24-23(25,26)16-7-8-20(32-12-4-11-27-32)19(15-16)30-22(34)31-13-9-18(10-14-31)29-21(33)28-17-5-2-1-3-6-17/h4,7-8,11-12,15,17-18H,1-3,5-6,9-10,13-14H2,(H,30,34)(H2,28,29,33). The molecule has 3 N–H and O–H groups in total. The van der Waals surface area contributed by atoms with Crippen molar-refractivity contribution in [2.24, 2.45) is 0 Å². The molecule has 34 heavy (non-hydrogen) atoms. The minimum absolute atomic E-state index is 0.0237. The van der Waals surface area contributed by atoms with E-state index >= 15 is 0 Å². The lowest BCUT2D eigenvalue weighted by atomic mass is 9.96. The molecule has 2 heterocycles. The molecule has 1 aromatic carbocycles. The number of halogens is 3. The van der Waals surface area contributed by atoms with Gasteiger partial charge in [0, 0.05) is 37.6 Å². The smallest absolute Gasteiger partial charge is 0.335 e. The number of aromatic nitrogens is 2. The van der Waals surface area contributed by atoms with Crippen LogP contribution in [0.5, 0.6) is 0 Å². The first-order valence-corrected chi connectivity index (χ1v) is 11.6. The van der Waals surface area contributed by atoms with Gasteiger partial charge < -0.3 is 20.9 Å². The number of anilines is 1. The highest BCUT2D eigenvalue weighted by Gasteiger charge is 2.32. The molecule has 1 saturated heterocycles. The number of amides is 4. The number of urea groups is 2. The Kier molecular flexibility index (Phi) is 7.28. The van der Waals surface area contributed by atoms with E-state index in [9.17, 15) is 22.8 Å². The van der Waals surface area contributed by atoms with Gasteiger partial charge in [-0.05, 0) is 49.9 Å². The number of carbonyl (C=O) groups excluding carboxylic acids is 2. The highest BCUT2D eigenvalue weighted by atomic mass is 19.4. The van der Waals surface area contributed by atoms with Gasteiger partial charge in [-0.3, -0.25) is 0 Å². The third-order valence-electron chi connectivity index (χ3n) is 6.37. The van der Waals surface area contributed by atoms with Gasteiger partial charge in [-0.2, -0.15) is 18.3 Å². The molecular weight excluding hydrogens is 449 g/mol. The van der Waals surface area contributed by atoms with E-state index in [1.54, 1.807) is 17.2 Å². The Morgan fingerprint density at radius 3 is 2.26 bits per heavy atom. The lowest BCUT2D eigenvalue weighted by molar-refractivity contribution is -0.137. The van der Waals surface area contributed by atoms with Crippen LogP contribution in [0.1, 0.15) is 50.5 Å². The minimum Gasteiger partial charge on any atom is -0.335 e. The Bertz CT molecular complexity index is 981. The SMILES string of the molecule is O=C(NC1CCCCC1)NC1CCN(C(=O)Nc2cc(C(F)(F)F)ccc2-n2cccn2)CC1. The van der Waals surface area contributed by atoms with Crippen molar-refractivity contribution in [2.45, 2.75) is 63.2 Å². The van der Waals surface area contributed by atoms with Crippen LogP contribution < -0.4 is 16.0 Å². The van der Waals surface area contributed by atoms with Crippen LogP contribution in [0.4, 0.5) is 28.4 Å². The fourth-order valence-corrected chi connectivity index (χ4v) is 4.50. The van der Waals surface area contributed by atoms with E-state index in [0.29, 0.717) is 31.6 Å². The molecule has 11 heteroatoms. The number of alkyl halides is 3. The van der Waals surface area contributed by atoms with Gasteiger partial charge in [0.15, 0.2) is 0 Å². The zero-order valence-corrected chi connectivity index (χ0v) is 18.8. The molecule has 4 rings (SSSR count). The average Bonchev–Trinajstić information content (AvgIpc) is 3.34. The molecular formula is C23H29F3N6O2. The summed E-state index contributed by atoms with van der Waals surface area (Å²) in [4.78, 5) is 26.7. The molecule has 0 atom stereocenters. The van der Waals surface area contributed by atoms with Crippen LogP contribution in [-0.2, 0) is 6.18 Å². The van der Waals surface area contributed by atoms with Gasteiger partial charge in [-0.1, -0.05) is 19.3 Å². The number of likely N-dealkylation sites (tertiary alicyclic amines) is 1. The van der Waals surface area contributed by atoms with E-state index in [1.807, 2.05) is 0 Å².